The van der Waals surface area contributed by atoms with Crippen LogP contribution in [0.15, 0.2) is 53.6 Å². The maximum absolute atomic E-state index is 14.0. The minimum Gasteiger partial charge on any atom is -0.325 e. The monoisotopic (exact) mass is 320 g/mol. The molecule has 0 radical (unpaired) electrons. The van der Waals surface area contributed by atoms with Gasteiger partial charge in [-0.05, 0) is 35.3 Å². The third kappa shape index (κ3) is 1.74. The molecule has 1 aromatic rings. The van der Waals surface area contributed by atoms with E-state index in [1.54, 1.807) is 11.0 Å². The second kappa shape index (κ2) is 4.69. The van der Waals surface area contributed by atoms with Crippen molar-refractivity contribution < 1.29 is 9.18 Å². The van der Waals surface area contributed by atoms with E-state index in [1.807, 2.05) is 24.1 Å². The van der Waals surface area contributed by atoms with Crippen LogP contribution in [-0.4, -0.2) is 35.5 Å². The molecule has 0 spiro atoms. The number of benzene rings is 1. The molecule has 0 aromatic heterocycles. The molecule has 2 heterocycles. The van der Waals surface area contributed by atoms with Gasteiger partial charge in [0.25, 0.3) is 0 Å². The van der Waals surface area contributed by atoms with Crippen molar-refractivity contribution in [1.29, 1.82) is 0 Å². The van der Waals surface area contributed by atoms with Crippen LogP contribution in [0.3, 0.4) is 0 Å². The van der Waals surface area contributed by atoms with E-state index in [2.05, 4.69) is 24.3 Å². The fourth-order valence-corrected chi connectivity index (χ4v) is 4.38. The van der Waals surface area contributed by atoms with Crippen molar-refractivity contribution in [2.75, 3.05) is 13.6 Å². The van der Waals surface area contributed by atoms with Gasteiger partial charge in [0, 0.05) is 25.1 Å². The summed E-state index contributed by atoms with van der Waals surface area (Å²) in [5.74, 6) is -0.0948. The quantitative estimate of drug-likeness (QED) is 0.713. The van der Waals surface area contributed by atoms with Crippen molar-refractivity contribution in [2.45, 2.75) is 12.5 Å². The molecule has 2 amide bonds. The number of carbonyl (C=O) groups is 1. The van der Waals surface area contributed by atoms with Gasteiger partial charge in [0.2, 0.25) is 0 Å². The highest BCUT2D eigenvalue weighted by Crippen LogP contribution is 2.48. The van der Waals surface area contributed by atoms with Crippen LogP contribution in [0.5, 0.6) is 0 Å². The van der Waals surface area contributed by atoms with E-state index < -0.39 is 0 Å². The van der Waals surface area contributed by atoms with Gasteiger partial charge in [-0.3, -0.25) is 4.90 Å². The molecule has 120 valence electrons. The Morgan fingerprint density at radius 1 is 1.25 bits per heavy atom. The predicted molar refractivity (Wildman–Crippen MR) is 91.3 cm³/mol. The van der Waals surface area contributed by atoms with E-state index in [1.165, 1.54) is 17.2 Å². The number of rotatable bonds is 0. The number of hydrogen-bond acceptors (Lipinski definition) is 1. The molecule has 1 aromatic carbocycles. The largest absolute Gasteiger partial charge is 0.325 e. The molecular formula is C20H17FN2O. The molecule has 5 rings (SSSR count). The van der Waals surface area contributed by atoms with Gasteiger partial charge < -0.3 is 4.90 Å². The number of carbonyl (C=O) groups excluding carboxylic acids is 1. The molecule has 0 saturated carbocycles. The topological polar surface area (TPSA) is 23.6 Å². The first-order valence-corrected chi connectivity index (χ1v) is 8.27. The maximum atomic E-state index is 14.0. The Bertz CT molecular complexity index is 893. The number of allylic oxidation sites excluding steroid dienone is 5. The number of likely N-dealkylation sites (N-methyl/N-ethyl adjacent to an activating group) is 1. The summed E-state index contributed by atoms with van der Waals surface area (Å²) < 4.78 is 14.0. The average molecular weight is 320 g/mol. The van der Waals surface area contributed by atoms with Gasteiger partial charge in [0.15, 0.2) is 0 Å². The summed E-state index contributed by atoms with van der Waals surface area (Å²) in [4.78, 5) is 16.3. The van der Waals surface area contributed by atoms with Gasteiger partial charge in [0.1, 0.15) is 5.82 Å². The Morgan fingerprint density at radius 3 is 3.00 bits per heavy atom. The van der Waals surface area contributed by atoms with Crippen LogP contribution in [-0.2, 0) is 0 Å². The van der Waals surface area contributed by atoms with Crippen LogP contribution in [0.25, 0.3) is 11.8 Å². The lowest BCUT2D eigenvalue weighted by Crippen LogP contribution is -2.29. The van der Waals surface area contributed by atoms with E-state index in [-0.39, 0.29) is 23.8 Å². The molecule has 4 aliphatic rings. The number of halogens is 1. The fraction of sp³-hybridized carbons (Fsp3) is 0.250. The molecule has 2 aliphatic carbocycles. The van der Waals surface area contributed by atoms with Crippen LogP contribution >= 0.6 is 0 Å². The van der Waals surface area contributed by atoms with E-state index >= 15 is 0 Å². The van der Waals surface area contributed by atoms with Crippen molar-refractivity contribution in [1.82, 2.24) is 9.80 Å². The molecule has 1 saturated heterocycles. The molecule has 2 aliphatic heterocycles. The zero-order valence-electron chi connectivity index (χ0n) is 13.4. The van der Waals surface area contributed by atoms with Crippen molar-refractivity contribution in [3.05, 3.63) is 70.6 Å². The summed E-state index contributed by atoms with van der Waals surface area (Å²) >= 11 is 0. The number of nitrogens with zero attached hydrogens (tertiary/aromatic N) is 2. The van der Waals surface area contributed by atoms with Gasteiger partial charge in [0.05, 0.1) is 11.7 Å². The van der Waals surface area contributed by atoms with E-state index in [0.717, 1.165) is 29.8 Å². The number of amides is 2. The van der Waals surface area contributed by atoms with Gasteiger partial charge in [-0.15, -0.1) is 0 Å². The van der Waals surface area contributed by atoms with Crippen LogP contribution in [0.2, 0.25) is 0 Å². The summed E-state index contributed by atoms with van der Waals surface area (Å²) in [5.41, 5.74) is 5.17. The van der Waals surface area contributed by atoms with Crippen molar-refractivity contribution >= 4 is 17.8 Å². The van der Waals surface area contributed by atoms with Crippen LogP contribution in [0.1, 0.15) is 17.5 Å². The first kappa shape index (κ1) is 13.8. The van der Waals surface area contributed by atoms with Gasteiger partial charge in [-0.1, -0.05) is 36.4 Å². The number of hydrogen-bond donors (Lipinski definition) is 0. The molecule has 24 heavy (non-hydrogen) atoms. The molecule has 2 atom stereocenters. The Morgan fingerprint density at radius 2 is 2.12 bits per heavy atom. The molecule has 4 heteroatoms. The highest BCUT2D eigenvalue weighted by atomic mass is 19.1. The van der Waals surface area contributed by atoms with Crippen molar-refractivity contribution in [2.24, 2.45) is 5.92 Å². The smallest absolute Gasteiger partial charge is 0.324 e. The van der Waals surface area contributed by atoms with Crippen LogP contribution in [0.4, 0.5) is 9.18 Å². The standard InChI is InChI=1S/C20H17FN2O/c1-22-11-15-10-18-16-5-3-2-4-12(16)8-13-6-7-14(21)9-17(13)19(18)23(15)20(22)24/h2-9,15-16H,10-11H2,1H3/t15-,16?/m0/s1. The second-order valence-corrected chi connectivity index (χ2v) is 6.86. The average Bonchev–Trinajstić information content (AvgIpc) is 3.02. The number of urea groups is 1. The first-order valence-electron chi connectivity index (χ1n) is 8.27. The minimum absolute atomic E-state index is 0.0130. The molecular weight excluding hydrogens is 303 g/mol. The Labute approximate surface area is 140 Å². The molecule has 0 N–H and O–H groups in total. The fourth-order valence-electron chi connectivity index (χ4n) is 4.38. The van der Waals surface area contributed by atoms with E-state index in [9.17, 15) is 9.18 Å². The molecule has 1 unspecified atom stereocenters. The van der Waals surface area contributed by atoms with Crippen LogP contribution in [0, 0.1) is 11.7 Å². The Balaban J connectivity index is 1.79. The molecule has 1 fully saturated rings. The third-order valence-electron chi connectivity index (χ3n) is 5.41. The maximum Gasteiger partial charge on any atom is 0.324 e. The molecule has 0 bridgehead atoms. The lowest BCUT2D eigenvalue weighted by molar-refractivity contribution is 0.210. The van der Waals surface area contributed by atoms with E-state index in [0.29, 0.717) is 0 Å². The summed E-state index contributed by atoms with van der Waals surface area (Å²) in [6.07, 6.45) is 11.4. The summed E-state index contributed by atoms with van der Waals surface area (Å²) in [7, 11) is 1.83. The summed E-state index contributed by atoms with van der Waals surface area (Å²) in [5, 5.41) is 0. The van der Waals surface area contributed by atoms with Crippen LogP contribution < -0.4 is 0 Å². The van der Waals surface area contributed by atoms with Crippen molar-refractivity contribution in [3.63, 3.8) is 0 Å². The highest BCUT2D eigenvalue weighted by molar-refractivity contribution is 5.94. The lowest BCUT2D eigenvalue weighted by Gasteiger charge is -2.22. The normalized spacial score (nSPS) is 26.9. The van der Waals surface area contributed by atoms with Gasteiger partial charge >= 0.3 is 6.03 Å². The third-order valence-corrected chi connectivity index (χ3v) is 5.41. The SMILES string of the molecule is CN1C[C@@H]2CC3=C(c4cc(F)ccc4C=C4C=CC=CC43)N2C1=O. The number of fused-ring (bicyclic) bond motifs is 6. The highest BCUT2D eigenvalue weighted by Gasteiger charge is 2.46. The Kier molecular flexibility index (Phi) is 2.70. The van der Waals surface area contributed by atoms with E-state index in [4.69, 9.17) is 0 Å². The van der Waals surface area contributed by atoms with Crippen molar-refractivity contribution in [3.8, 4) is 0 Å². The first-order chi connectivity index (χ1) is 11.6. The summed E-state index contributed by atoms with van der Waals surface area (Å²) in [6.45, 7) is 0.724. The zero-order chi connectivity index (χ0) is 16.4. The van der Waals surface area contributed by atoms with Gasteiger partial charge in [-0.2, -0.15) is 0 Å². The summed E-state index contributed by atoms with van der Waals surface area (Å²) in [6, 6.07) is 5.04. The molecule has 3 nitrogen and oxygen atoms in total. The Hall–Kier alpha value is -2.62. The lowest BCUT2D eigenvalue weighted by atomic mass is 9.85. The van der Waals surface area contributed by atoms with Gasteiger partial charge in [-0.25, -0.2) is 9.18 Å². The second-order valence-electron chi connectivity index (χ2n) is 6.86. The predicted octanol–water partition coefficient (Wildman–Crippen LogP) is 3.82. The zero-order valence-corrected chi connectivity index (χ0v) is 13.4. The minimum atomic E-state index is -0.265.